The number of nitrogen functional groups attached to an aromatic ring is 1. The van der Waals surface area contributed by atoms with Gasteiger partial charge in [0.25, 0.3) is 0 Å². The average molecular weight is 363 g/mol. The summed E-state index contributed by atoms with van der Waals surface area (Å²) in [5.74, 6) is 0.461. The molecule has 26 heavy (non-hydrogen) atoms. The summed E-state index contributed by atoms with van der Waals surface area (Å²) in [6.07, 6.45) is 3.64. The highest BCUT2D eigenvalue weighted by atomic mass is 31.0. The molecule has 130 valence electrons. The molecule has 0 bridgehead atoms. The van der Waals surface area contributed by atoms with Crippen LogP contribution in [0.1, 0.15) is 6.04 Å². The first-order valence-electron chi connectivity index (χ1n) is 8.45. The second-order valence-corrected chi connectivity index (χ2v) is 7.14. The van der Waals surface area contributed by atoms with E-state index in [1.54, 1.807) is 10.7 Å². The molecule has 1 aromatic carbocycles. The smallest absolute Gasteiger partial charge is 0.156 e. The van der Waals surface area contributed by atoms with E-state index in [0.29, 0.717) is 11.9 Å². The first kappa shape index (κ1) is 15.5. The summed E-state index contributed by atoms with van der Waals surface area (Å²) in [4.78, 5) is 8.97. The van der Waals surface area contributed by atoms with Crippen LogP contribution in [0, 0.1) is 0 Å². The summed E-state index contributed by atoms with van der Waals surface area (Å²) < 4.78 is 3.94. The highest BCUT2D eigenvalue weighted by molar-refractivity contribution is 7.27. The quantitative estimate of drug-likeness (QED) is 0.539. The maximum atomic E-state index is 5.80. The van der Waals surface area contributed by atoms with Gasteiger partial charge in [0.2, 0.25) is 0 Å². The Balaban J connectivity index is 1.71. The average Bonchev–Trinajstić information content (AvgIpc) is 3.16. The van der Waals surface area contributed by atoms with Crippen molar-refractivity contribution in [3.05, 3.63) is 48.9 Å². The van der Waals surface area contributed by atoms with E-state index in [-0.39, 0.29) is 0 Å². The third kappa shape index (κ3) is 2.48. The molecule has 4 heterocycles. The van der Waals surface area contributed by atoms with Gasteiger partial charge in [-0.2, -0.15) is 5.10 Å². The Kier molecular flexibility index (Phi) is 3.51. The number of aromatic nitrogens is 5. The van der Waals surface area contributed by atoms with Crippen molar-refractivity contribution in [2.45, 2.75) is 6.04 Å². The SMILES string of the molecule is Nc1cn2nc(-c3c(-c4ccc(P)cc4)ncn3C3CNC3)ccc2n1. The zero-order valence-electron chi connectivity index (χ0n) is 14.0. The number of nitrogens with zero attached hydrogens (tertiary/aromatic N) is 5. The number of benzene rings is 1. The summed E-state index contributed by atoms with van der Waals surface area (Å²) >= 11 is 0. The summed E-state index contributed by atoms with van der Waals surface area (Å²) in [5, 5.41) is 9.20. The van der Waals surface area contributed by atoms with Gasteiger partial charge in [-0.15, -0.1) is 9.24 Å². The molecule has 0 spiro atoms. The fourth-order valence-electron chi connectivity index (χ4n) is 3.24. The molecule has 1 atom stereocenters. The number of rotatable bonds is 3. The van der Waals surface area contributed by atoms with Crippen LogP contribution in [0.25, 0.3) is 28.3 Å². The molecule has 1 fully saturated rings. The molecule has 0 saturated carbocycles. The highest BCUT2D eigenvalue weighted by Crippen LogP contribution is 2.33. The maximum Gasteiger partial charge on any atom is 0.156 e. The predicted octanol–water partition coefficient (Wildman–Crippen LogP) is 1.49. The van der Waals surface area contributed by atoms with Crippen LogP contribution in [-0.4, -0.2) is 37.2 Å². The molecule has 3 aromatic heterocycles. The molecular weight excluding hydrogens is 345 g/mol. The van der Waals surface area contributed by atoms with Crippen LogP contribution < -0.4 is 16.4 Å². The van der Waals surface area contributed by atoms with Crippen molar-refractivity contribution in [1.82, 2.24) is 29.5 Å². The van der Waals surface area contributed by atoms with Crippen LogP contribution in [0.5, 0.6) is 0 Å². The number of imidazole rings is 2. The molecule has 0 aliphatic carbocycles. The minimum atomic E-state index is 0.387. The monoisotopic (exact) mass is 363 g/mol. The number of nitrogens with one attached hydrogen (secondary N) is 1. The van der Waals surface area contributed by atoms with E-state index < -0.39 is 0 Å². The molecule has 4 aromatic rings. The van der Waals surface area contributed by atoms with E-state index in [4.69, 9.17) is 15.8 Å². The molecule has 1 aliphatic rings. The van der Waals surface area contributed by atoms with E-state index >= 15 is 0 Å². The fraction of sp³-hybridized carbons (Fsp3) is 0.167. The van der Waals surface area contributed by atoms with Gasteiger partial charge in [-0.25, -0.2) is 14.5 Å². The van der Waals surface area contributed by atoms with Crippen LogP contribution >= 0.6 is 9.24 Å². The summed E-state index contributed by atoms with van der Waals surface area (Å²) in [6, 6.07) is 12.6. The third-order valence-corrected chi connectivity index (χ3v) is 5.10. The summed E-state index contributed by atoms with van der Waals surface area (Å²) in [7, 11) is 2.71. The van der Waals surface area contributed by atoms with Crippen LogP contribution in [0.15, 0.2) is 48.9 Å². The number of fused-ring (bicyclic) bond motifs is 1. The van der Waals surface area contributed by atoms with E-state index in [2.05, 4.69) is 48.4 Å². The Bertz CT molecular complexity index is 1090. The molecule has 1 unspecified atom stereocenters. The third-order valence-electron chi connectivity index (χ3n) is 4.71. The van der Waals surface area contributed by atoms with Crippen molar-refractivity contribution < 1.29 is 0 Å². The number of anilines is 1. The lowest BCUT2D eigenvalue weighted by atomic mass is 10.1. The van der Waals surface area contributed by atoms with Crippen LogP contribution in [0.4, 0.5) is 5.82 Å². The van der Waals surface area contributed by atoms with Crippen molar-refractivity contribution in [1.29, 1.82) is 0 Å². The molecule has 3 N–H and O–H groups in total. The van der Waals surface area contributed by atoms with Crippen molar-refractivity contribution in [3.8, 4) is 22.6 Å². The molecule has 1 saturated heterocycles. The van der Waals surface area contributed by atoms with Gasteiger partial charge in [0, 0.05) is 18.7 Å². The van der Waals surface area contributed by atoms with Crippen LogP contribution in [0.3, 0.4) is 0 Å². The first-order chi connectivity index (χ1) is 12.7. The van der Waals surface area contributed by atoms with Gasteiger partial charge in [-0.3, -0.25) is 0 Å². The van der Waals surface area contributed by atoms with E-state index in [9.17, 15) is 0 Å². The van der Waals surface area contributed by atoms with Gasteiger partial charge in [0.1, 0.15) is 11.5 Å². The maximum absolute atomic E-state index is 5.80. The van der Waals surface area contributed by atoms with Gasteiger partial charge >= 0.3 is 0 Å². The Labute approximate surface area is 152 Å². The molecule has 8 heteroatoms. The molecular formula is C18H18N7P. The molecule has 0 amide bonds. The van der Waals surface area contributed by atoms with Gasteiger partial charge in [-0.1, -0.05) is 24.3 Å². The Morgan fingerprint density at radius 2 is 1.92 bits per heavy atom. The first-order valence-corrected chi connectivity index (χ1v) is 9.02. The number of hydrogen-bond donors (Lipinski definition) is 2. The minimum absolute atomic E-state index is 0.387. The van der Waals surface area contributed by atoms with Crippen molar-refractivity contribution >= 4 is 26.0 Å². The number of nitrogens with two attached hydrogens (primary N) is 1. The van der Waals surface area contributed by atoms with Crippen LogP contribution in [-0.2, 0) is 0 Å². The zero-order valence-corrected chi connectivity index (χ0v) is 15.2. The minimum Gasteiger partial charge on any atom is -0.382 e. The van der Waals surface area contributed by atoms with Crippen molar-refractivity contribution in [2.24, 2.45) is 0 Å². The van der Waals surface area contributed by atoms with E-state index in [0.717, 1.165) is 46.7 Å². The lowest BCUT2D eigenvalue weighted by Gasteiger charge is -2.29. The van der Waals surface area contributed by atoms with Gasteiger partial charge in [-0.05, 0) is 17.4 Å². The zero-order chi connectivity index (χ0) is 17.7. The lowest BCUT2D eigenvalue weighted by Crippen LogP contribution is -2.43. The largest absolute Gasteiger partial charge is 0.382 e. The number of hydrogen-bond acceptors (Lipinski definition) is 5. The van der Waals surface area contributed by atoms with Crippen molar-refractivity contribution in [2.75, 3.05) is 18.8 Å². The Morgan fingerprint density at radius 1 is 1.12 bits per heavy atom. The highest BCUT2D eigenvalue weighted by Gasteiger charge is 2.25. The summed E-state index contributed by atoms with van der Waals surface area (Å²) in [5.41, 5.74) is 10.4. The fourth-order valence-corrected chi connectivity index (χ4v) is 3.43. The predicted molar refractivity (Wildman–Crippen MR) is 105 cm³/mol. The molecule has 5 rings (SSSR count). The second kappa shape index (κ2) is 5.90. The normalized spacial score (nSPS) is 14.7. The van der Waals surface area contributed by atoms with Crippen molar-refractivity contribution in [3.63, 3.8) is 0 Å². The van der Waals surface area contributed by atoms with E-state index in [1.807, 2.05) is 18.5 Å². The Morgan fingerprint density at radius 3 is 2.65 bits per heavy atom. The molecule has 7 nitrogen and oxygen atoms in total. The topological polar surface area (TPSA) is 86.1 Å². The van der Waals surface area contributed by atoms with Gasteiger partial charge < -0.3 is 15.6 Å². The standard InChI is InChI=1S/C18H18N7P/c19-15-9-25-16(22-15)6-5-14(23-25)18-17(11-1-3-13(26)4-2-11)21-10-24(18)12-7-20-8-12/h1-6,9-10,12,20H,7-8,19,26H2. The lowest BCUT2D eigenvalue weighted by molar-refractivity contribution is 0.345. The molecule has 1 aliphatic heterocycles. The van der Waals surface area contributed by atoms with Crippen LogP contribution in [0.2, 0.25) is 0 Å². The summed E-state index contributed by atoms with van der Waals surface area (Å²) in [6.45, 7) is 1.88. The van der Waals surface area contributed by atoms with Gasteiger partial charge in [0.15, 0.2) is 5.65 Å². The second-order valence-electron chi connectivity index (χ2n) is 6.47. The molecule has 0 radical (unpaired) electrons. The van der Waals surface area contributed by atoms with Gasteiger partial charge in [0.05, 0.1) is 30.0 Å². The Hall–Kier alpha value is -2.76. The van der Waals surface area contributed by atoms with E-state index in [1.165, 1.54) is 0 Å².